The topological polar surface area (TPSA) is 108 Å². The molecule has 0 aliphatic carbocycles. The average Bonchev–Trinajstić information content (AvgIpc) is 2.29. The molecule has 0 bridgehead atoms. The molecule has 0 aliphatic heterocycles. The smallest absolute Gasteiger partial charge is 0.423 e. The molecule has 96 valence electrons. The molecular weight excluding hydrogens is 256 g/mol. The predicted molar refractivity (Wildman–Crippen MR) is 72.6 cm³/mol. The summed E-state index contributed by atoms with van der Waals surface area (Å²) in [6, 6.07) is 4.50. The summed E-state index contributed by atoms with van der Waals surface area (Å²) in [5.41, 5.74) is 6.34. The normalized spacial score (nSPS) is 11.2. The minimum atomic E-state index is -1.72. The Labute approximate surface area is 110 Å². The highest BCUT2D eigenvalue weighted by Crippen LogP contribution is 2.15. The maximum Gasteiger partial charge on any atom is 0.490 e. The second-order valence-corrected chi connectivity index (χ2v) is 3.83. The molecule has 0 atom stereocenters. The van der Waals surface area contributed by atoms with Gasteiger partial charge in [0.05, 0.1) is 11.6 Å². The van der Waals surface area contributed by atoms with Crippen LogP contribution in [-0.4, -0.2) is 34.8 Å². The van der Waals surface area contributed by atoms with E-state index < -0.39 is 7.12 Å². The molecule has 1 aromatic rings. The van der Waals surface area contributed by atoms with Gasteiger partial charge in [-0.2, -0.15) is 0 Å². The van der Waals surface area contributed by atoms with Crippen molar-refractivity contribution in [1.29, 1.82) is 0 Å². The summed E-state index contributed by atoms with van der Waals surface area (Å²) in [7, 11) is -1.72. The van der Waals surface area contributed by atoms with Crippen molar-refractivity contribution in [1.82, 2.24) is 0 Å². The number of nitrogens with zero attached hydrogens (tertiary/aromatic N) is 1. The number of amides is 1. The lowest BCUT2D eigenvalue weighted by Gasteiger charge is -2.09. The summed E-state index contributed by atoms with van der Waals surface area (Å²) >= 11 is 5.50. The SMILES string of the molecule is CC(=O)Nc1ccc(N=C(N)CCl)c(B(O)O)c1. The second kappa shape index (κ2) is 6.39. The summed E-state index contributed by atoms with van der Waals surface area (Å²) in [5, 5.41) is 21.0. The number of halogens is 1. The molecule has 0 aliphatic rings. The van der Waals surface area contributed by atoms with E-state index in [2.05, 4.69) is 10.3 Å². The zero-order valence-electron chi connectivity index (χ0n) is 9.72. The number of rotatable bonds is 4. The Morgan fingerprint density at radius 3 is 2.72 bits per heavy atom. The van der Waals surface area contributed by atoms with Crippen LogP contribution in [0.25, 0.3) is 0 Å². The number of nitrogens with two attached hydrogens (primary N) is 1. The first-order chi connectivity index (χ1) is 8.43. The molecule has 0 unspecified atom stereocenters. The fraction of sp³-hybridized carbons (Fsp3) is 0.200. The van der Waals surface area contributed by atoms with Crippen LogP contribution in [-0.2, 0) is 4.79 Å². The maximum absolute atomic E-state index is 10.9. The number of carbonyl (C=O) groups excluding carboxylic acids is 1. The van der Waals surface area contributed by atoms with Crippen LogP contribution in [0.3, 0.4) is 0 Å². The molecule has 1 rings (SSSR count). The van der Waals surface area contributed by atoms with E-state index in [0.717, 1.165) is 0 Å². The van der Waals surface area contributed by atoms with Crippen molar-refractivity contribution in [2.75, 3.05) is 11.2 Å². The number of hydrogen-bond acceptors (Lipinski definition) is 4. The van der Waals surface area contributed by atoms with Crippen molar-refractivity contribution >= 4 is 47.3 Å². The minimum Gasteiger partial charge on any atom is -0.423 e. The number of aliphatic imine (C=N–C) groups is 1. The molecule has 0 fully saturated rings. The Hall–Kier alpha value is -1.57. The third kappa shape index (κ3) is 4.03. The van der Waals surface area contributed by atoms with Crippen LogP contribution in [0.2, 0.25) is 0 Å². The van der Waals surface area contributed by atoms with E-state index in [0.29, 0.717) is 5.69 Å². The van der Waals surface area contributed by atoms with E-state index in [4.69, 9.17) is 17.3 Å². The molecular formula is C10H13BClN3O3. The highest BCUT2D eigenvalue weighted by atomic mass is 35.5. The van der Waals surface area contributed by atoms with Crippen LogP contribution in [0.4, 0.5) is 11.4 Å². The van der Waals surface area contributed by atoms with E-state index in [1.54, 1.807) is 6.07 Å². The Kier molecular flexibility index (Phi) is 5.15. The Morgan fingerprint density at radius 2 is 2.22 bits per heavy atom. The molecule has 0 saturated heterocycles. The van der Waals surface area contributed by atoms with Gasteiger partial charge in [-0.15, -0.1) is 11.6 Å². The quantitative estimate of drug-likeness (QED) is 0.257. The molecule has 0 saturated carbocycles. The summed E-state index contributed by atoms with van der Waals surface area (Å²) in [5.74, 6) is -0.0650. The number of amidine groups is 1. The van der Waals surface area contributed by atoms with Gasteiger partial charge in [0.2, 0.25) is 5.91 Å². The first-order valence-electron chi connectivity index (χ1n) is 5.10. The first kappa shape index (κ1) is 14.5. The second-order valence-electron chi connectivity index (χ2n) is 3.57. The third-order valence-corrected chi connectivity index (χ3v) is 2.30. The van der Waals surface area contributed by atoms with E-state index in [-0.39, 0.29) is 28.8 Å². The molecule has 18 heavy (non-hydrogen) atoms. The van der Waals surface area contributed by atoms with Gasteiger partial charge in [-0.1, -0.05) is 0 Å². The van der Waals surface area contributed by atoms with Crippen LogP contribution in [0, 0.1) is 0 Å². The van der Waals surface area contributed by atoms with Gasteiger partial charge in [0.25, 0.3) is 0 Å². The monoisotopic (exact) mass is 269 g/mol. The summed E-state index contributed by atoms with van der Waals surface area (Å²) in [6.07, 6.45) is 0. The first-order valence-corrected chi connectivity index (χ1v) is 5.64. The predicted octanol–water partition coefficient (Wildman–Crippen LogP) is -0.448. The molecule has 0 radical (unpaired) electrons. The van der Waals surface area contributed by atoms with E-state index in [1.165, 1.54) is 19.1 Å². The van der Waals surface area contributed by atoms with Gasteiger partial charge in [0, 0.05) is 18.1 Å². The molecule has 6 nitrogen and oxygen atoms in total. The van der Waals surface area contributed by atoms with Gasteiger partial charge in [-0.25, -0.2) is 4.99 Å². The molecule has 1 aromatic carbocycles. The van der Waals surface area contributed by atoms with E-state index in [1.807, 2.05) is 0 Å². The van der Waals surface area contributed by atoms with Crippen molar-refractivity contribution in [3.63, 3.8) is 0 Å². The minimum absolute atomic E-state index is 0.0361. The Bertz CT molecular complexity index is 479. The molecule has 0 heterocycles. The maximum atomic E-state index is 10.9. The lowest BCUT2D eigenvalue weighted by Crippen LogP contribution is -2.31. The fourth-order valence-electron chi connectivity index (χ4n) is 1.33. The van der Waals surface area contributed by atoms with Gasteiger partial charge in [0.15, 0.2) is 0 Å². The fourth-order valence-corrected chi connectivity index (χ4v) is 1.39. The number of benzene rings is 1. The lowest BCUT2D eigenvalue weighted by atomic mass is 9.78. The van der Waals surface area contributed by atoms with Crippen molar-refractivity contribution in [3.05, 3.63) is 18.2 Å². The standard InChI is InChI=1S/C10H13BClN3O3/c1-6(16)14-7-2-3-9(15-10(13)5-12)8(4-7)11(17)18/h2-4,17-18H,5H2,1H3,(H2,13,15)(H,14,16). The summed E-state index contributed by atoms with van der Waals surface area (Å²) < 4.78 is 0. The molecule has 0 spiro atoms. The van der Waals surface area contributed by atoms with Gasteiger partial charge >= 0.3 is 7.12 Å². The highest BCUT2D eigenvalue weighted by Gasteiger charge is 2.17. The Balaban J connectivity index is 3.16. The van der Waals surface area contributed by atoms with Crippen LogP contribution in [0.1, 0.15) is 6.92 Å². The molecule has 8 heteroatoms. The zero-order valence-corrected chi connectivity index (χ0v) is 10.5. The Morgan fingerprint density at radius 1 is 1.56 bits per heavy atom. The van der Waals surface area contributed by atoms with Gasteiger partial charge in [-0.3, -0.25) is 4.79 Å². The molecule has 1 amide bonds. The largest absolute Gasteiger partial charge is 0.490 e. The molecule has 0 aromatic heterocycles. The van der Waals surface area contributed by atoms with Crippen molar-refractivity contribution in [2.24, 2.45) is 10.7 Å². The van der Waals surface area contributed by atoms with Crippen LogP contribution < -0.4 is 16.5 Å². The summed E-state index contributed by atoms with van der Waals surface area (Å²) in [6.45, 7) is 1.35. The zero-order chi connectivity index (χ0) is 13.7. The van der Waals surface area contributed by atoms with Crippen LogP contribution in [0.5, 0.6) is 0 Å². The number of alkyl halides is 1. The number of hydrogen-bond donors (Lipinski definition) is 4. The van der Waals surface area contributed by atoms with E-state index in [9.17, 15) is 14.8 Å². The number of nitrogens with one attached hydrogen (secondary N) is 1. The van der Waals surface area contributed by atoms with Gasteiger partial charge < -0.3 is 21.1 Å². The molecule has 5 N–H and O–H groups in total. The summed E-state index contributed by atoms with van der Waals surface area (Å²) in [4.78, 5) is 14.9. The number of carbonyl (C=O) groups is 1. The van der Waals surface area contributed by atoms with Crippen molar-refractivity contribution in [2.45, 2.75) is 6.92 Å². The van der Waals surface area contributed by atoms with Crippen molar-refractivity contribution < 1.29 is 14.8 Å². The average molecular weight is 269 g/mol. The van der Waals surface area contributed by atoms with E-state index >= 15 is 0 Å². The van der Waals surface area contributed by atoms with Crippen molar-refractivity contribution in [3.8, 4) is 0 Å². The van der Waals surface area contributed by atoms with Gasteiger partial charge in [0.1, 0.15) is 5.84 Å². The lowest BCUT2D eigenvalue weighted by molar-refractivity contribution is -0.114. The van der Waals surface area contributed by atoms with Crippen LogP contribution >= 0.6 is 11.6 Å². The van der Waals surface area contributed by atoms with Crippen LogP contribution in [0.15, 0.2) is 23.2 Å². The third-order valence-electron chi connectivity index (χ3n) is 2.03. The number of anilines is 1. The van der Waals surface area contributed by atoms with Gasteiger partial charge in [-0.05, 0) is 18.2 Å². The highest BCUT2D eigenvalue weighted by molar-refractivity contribution is 6.60.